The molecule has 0 saturated heterocycles. The molecule has 2 heterocycles. The van der Waals surface area contributed by atoms with Crippen LogP contribution in [0.15, 0.2) is 24.4 Å². The fourth-order valence-corrected chi connectivity index (χ4v) is 2.92. The highest BCUT2D eigenvalue weighted by Crippen LogP contribution is 2.30. The lowest BCUT2D eigenvalue weighted by molar-refractivity contribution is 0.408. The number of hydrogen-bond donors (Lipinski definition) is 1. The monoisotopic (exact) mass is 271 g/mol. The highest BCUT2D eigenvalue weighted by atomic mass is 16.5. The number of fused-ring (bicyclic) bond motifs is 1. The van der Waals surface area contributed by atoms with Crippen molar-refractivity contribution in [3.8, 4) is 5.75 Å². The summed E-state index contributed by atoms with van der Waals surface area (Å²) in [6.07, 6.45) is 5.04. The summed E-state index contributed by atoms with van der Waals surface area (Å²) in [6, 6.07) is 6.57. The number of hydrogen-bond acceptors (Lipinski definition) is 3. The van der Waals surface area contributed by atoms with E-state index >= 15 is 0 Å². The molecule has 3 rings (SSSR count). The molecule has 20 heavy (non-hydrogen) atoms. The molecule has 1 aromatic heterocycles. The second-order valence-corrected chi connectivity index (χ2v) is 5.13. The second-order valence-electron chi connectivity index (χ2n) is 5.13. The summed E-state index contributed by atoms with van der Waals surface area (Å²) < 4.78 is 7.46. The molecule has 0 spiro atoms. The molecule has 1 aliphatic rings. The number of nitrogens with zero attached hydrogens (tertiary/aromatic N) is 2. The molecule has 1 aromatic carbocycles. The van der Waals surface area contributed by atoms with Crippen LogP contribution in [0.3, 0.4) is 0 Å². The molecular weight excluding hydrogens is 250 g/mol. The molecule has 0 atom stereocenters. The van der Waals surface area contributed by atoms with Gasteiger partial charge in [-0.3, -0.25) is 4.68 Å². The molecule has 0 amide bonds. The fourth-order valence-electron chi connectivity index (χ4n) is 2.92. The Bertz CT molecular complexity index is 582. The molecule has 4 heteroatoms. The van der Waals surface area contributed by atoms with E-state index in [4.69, 9.17) is 4.74 Å². The van der Waals surface area contributed by atoms with E-state index in [-0.39, 0.29) is 0 Å². The highest BCUT2D eigenvalue weighted by Gasteiger charge is 2.16. The predicted molar refractivity (Wildman–Crippen MR) is 80.5 cm³/mol. The average molecular weight is 271 g/mol. The third-order valence-electron chi connectivity index (χ3n) is 3.95. The van der Waals surface area contributed by atoms with E-state index in [1.807, 2.05) is 10.9 Å². The van der Waals surface area contributed by atoms with Crippen LogP contribution in [0, 0.1) is 0 Å². The average Bonchev–Trinajstić information content (AvgIpc) is 2.89. The zero-order valence-electron chi connectivity index (χ0n) is 12.1. The van der Waals surface area contributed by atoms with E-state index in [0.717, 1.165) is 31.0 Å². The van der Waals surface area contributed by atoms with Crippen molar-refractivity contribution in [2.45, 2.75) is 32.7 Å². The third kappa shape index (κ3) is 2.26. The maximum absolute atomic E-state index is 5.44. The lowest BCUT2D eigenvalue weighted by Gasteiger charge is -2.21. The number of aromatic nitrogens is 2. The van der Waals surface area contributed by atoms with Crippen LogP contribution in [0.2, 0.25) is 0 Å². The molecule has 0 bridgehead atoms. The van der Waals surface area contributed by atoms with Gasteiger partial charge in [0.1, 0.15) is 0 Å². The van der Waals surface area contributed by atoms with Crippen molar-refractivity contribution in [2.24, 2.45) is 0 Å². The van der Waals surface area contributed by atoms with E-state index in [2.05, 4.69) is 35.5 Å². The van der Waals surface area contributed by atoms with E-state index in [0.29, 0.717) is 0 Å². The van der Waals surface area contributed by atoms with E-state index < -0.39 is 0 Å². The Morgan fingerprint density at radius 3 is 3.10 bits per heavy atom. The number of benzene rings is 1. The lowest BCUT2D eigenvalue weighted by Crippen LogP contribution is -2.14. The summed E-state index contributed by atoms with van der Waals surface area (Å²) in [5, 5.41) is 7.93. The number of rotatable bonds is 4. The van der Waals surface area contributed by atoms with Gasteiger partial charge in [0.15, 0.2) is 5.75 Å². The van der Waals surface area contributed by atoms with Crippen LogP contribution in [0.25, 0.3) is 0 Å². The van der Waals surface area contributed by atoms with Crippen molar-refractivity contribution in [1.82, 2.24) is 9.78 Å². The van der Waals surface area contributed by atoms with Crippen LogP contribution in [-0.4, -0.2) is 23.4 Å². The molecule has 0 saturated carbocycles. The Balaban J connectivity index is 1.97. The summed E-state index contributed by atoms with van der Waals surface area (Å²) in [4.78, 5) is 0. The minimum absolute atomic E-state index is 0.854. The van der Waals surface area contributed by atoms with Crippen LogP contribution in [0.4, 0.5) is 5.69 Å². The van der Waals surface area contributed by atoms with E-state index in [1.165, 1.54) is 29.7 Å². The zero-order chi connectivity index (χ0) is 13.9. The first kappa shape index (κ1) is 13.0. The Kier molecular flexibility index (Phi) is 3.63. The molecule has 0 unspecified atom stereocenters. The number of nitrogens with one attached hydrogen (secondary N) is 1. The number of ether oxygens (including phenoxy) is 1. The first-order valence-corrected chi connectivity index (χ1v) is 7.26. The number of anilines is 1. The zero-order valence-corrected chi connectivity index (χ0v) is 12.1. The van der Waals surface area contributed by atoms with Gasteiger partial charge in [-0.15, -0.1) is 0 Å². The van der Waals surface area contributed by atoms with Crippen LogP contribution >= 0.6 is 0 Å². The Morgan fingerprint density at radius 2 is 2.30 bits per heavy atom. The van der Waals surface area contributed by atoms with Crippen molar-refractivity contribution in [3.63, 3.8) is 0 Å². The SMILES string of the molecule is CCn1ncc(OC)c1Cc1cccc2c1NCCC2. The molecule has 106 valence electrons. The summed E-state index contributed by atoms with van der Waals surface area (Å²) in [6.45, 7) is 4.03. The van der Waals surface area contributed by atoms with Crippen molar-refractivity contribution < 1.29 is 4.74 Å². The maximum atomic E-state index is 5.44. The quantitative estimate of drug-likeness (QED) is 0.929. The van der Waals surface area contributed by atoms with Gasteiger partial charge >= 0.3 is 0 Å². The lowest BCUT2D eigenvalue weighted by atomic mass is 9.97. The van der Waals surface area contributed by atoms with Gasteiger partial charge in [0, 0.05) is 25.2 Å². The number of para-hydroxylation sites is 1. The molecule has 0 radical (unpaired) electrons. The van der Waals surface area contributed by atoms with Crippen molar-refractivity contribution in [3.05, 3.63) is 41.2 Å². The van der Waals surface area contributed by atoms with Crippen molar-refractivity contribution >= 4 is 5.69 Å². The van der Waals surface area contributed by atoms with Gasteiger partial charge in [-0.25, -0.2) is 0 Å². The van der Waals surface area contributed by atoms with Gasteiger partial charge in [0.2, 0.25) is 0 Å². The van der Waals surface area contributed by atoms with Gasteiger partial charge in [-0.05, 0) is 30.9 Å². The maximum Gasteiger partial charge on any atom is 0.160 e. The Morgan fingerprint density at radius 1 is 1.40 bits per heavy atom. The minimum atomic E-state index is 0.854. The fraction of sp³-hybridized carbons (Fsp3) is 0.438. The van der Waals surface area contributed by atoms with Gasteiger partial charge in [0.25, 0.3) is 0 Å². The minimum Gasteiger partial charge on any atom is -0.493 e. The van der Waals surface area contributed by atoms with Crippen LogP contribution in [0.1, 0.15) is 30.2 Å². The van der Waals surface area contributed by atoms with Gasteiger partial charge in [0.05, 0.1) is 19.0 Å². The van der Waals surface area contributed by atoms with Crippen LogP contribution < -0.4 is 10.1 Å². The summed E-state index contributed by atoms with van der Waals surface area (Å²) in [5.74, 6) is 0.875. The van der Waals surface area contributed by atoms with Crippen molar-refractivity contribution in [2.75, 3.05) is 19.0 Å². The molecule has 0 fully saturated rings. The van der Waals surface area contributed by atoms with Crippen molar-refractivity contribution in [1.29, 1.82) is 0 Å². The number of aryl methyl sites for hydroxylation is 2. The van der Waals surface area contributed by atoms with Gasteiger partial charge in [-0.1, -0.05) is 18.2 Å². The predicted octanol–water partition coefficient (Wildman–Crippen LogP) is 2.86. The first-order chi connectivity index (χ1) is 9.83. The standard InChI is InChI=1S/C16H21N3O/c1-3-19-14(15(20-2)11-18-19)10-13-7-4-6-12-8-5-9-17-16(12)13/h4,6-7,11,17H,3,5,8-10H2,1-2H3. The largest absolute Gasteiger partial charge is 0.493 e. The number of methoxy groups -OCH3 is 1. The van der Waals surface area contributed by atoms with E-state index in [1.54, 1.807) is 7.11 Å². The summed E-state index contributed by atoms with van der Waals surface area (Å²) >= 11 is 0. The molecular formula is C16H21N3O. The smallest absolute Gasteiger partial charge is 0.160 e. The normalized spacial score (nSPS) is 13.7. The highest BCUT2D eigenvalue weighted by molar-refractivity contribution is 5.60. The topological polar surface area (TPSA) is 39.1 Å². The third-order valence-corrected chi connectivity index (χ3v) is 3.95. The Labute approximate surface area is 119 Å². The molecule has 1 aliphatic heterocycles. The molecule has 2 aromatic rings. The second kappa shape index (κ2) is 5.57. The van der Waals surface area contributed by atoms with Crippen LogP contribution in [-0.2, 0) is 19.4 Å². The Hall–Kier alpha value is -1.97. The van der Waals surface area contributed by atoms with E-state index in [9.17, 15) is 0 Å². The van der Waals surface area contributed by atoms with Gasteiger partial charge < -0.3 is 10.1 Å². The molecule has 1 N–H and O–H groups in total. The molecule has 0 aliphatic carbocycles. The summed E-state index contributed by atoms with van der Waals surface area (Å²) in [5.41, 5.74) is 5.21. The summed E-state index contributed by atoms with van der Waals surface area (Å²) in [7, 11) is 1.71. The van der Waals surface area contributed by atoms with Gasteiger partial charge in [-0.2, -0.15) is 5.10 Å². The van der Waals surface area contributed by atoms with Crippen LogP contribution in [0.5, 0.6) is 5.75 Å². The first-order valence-electron chi connectivity index (χ1n) is 7.26. The molecule has 4 nitrogen and oxygen atoms in total.